The Morgan fingerprint density at radius 2 is 2.09 bits per heavy atom. The van der Waals surface area contributed by atoms with Gasteiger partial charge in [0, 0.05) is 18.4 Å². The fourth-order valence-corrected chi connectivity index (χ4v) is 3.60. The molecule has 1 fully saturated rings. The molecule has 0 saturated carbocycles. The lowest BCUT2D eigenvalue weighted by atomic mass is 10.1. The summed E-state index contributed by atoms with van der Waals surface area (Å²) in [6.07, 6.45) is 4.43. The molecule has 1 aromatic carbocycles. The highest BCUT2D eigenvalue weighted by Crippen LogP contribution is 2.32. The second-order valence-corrected chi connectivity index (χ2v) is 6.73. The van der Waals surface area contributed by atoms with Crippen molar-refractivity contribution in [1.82, 2.24) is 9.88 Å². The van der Waals surface area contributed by atoms with Gasteiger partial charge < -0.3 is 9.72 Å². The number of hydrogen-bond acceptors (Lipinski definition) is 4. The first-order chi connectivity index (χ1) is 11.2. The molecule has 23 heavy (non-hydrogen) atoms. The van der Waals surface area contributed by atoms with E-state index < -0.39 is 0 Å². The Bertz CT molecular complexity index is 736. The number of hydrogen-bond donors (Lipinski definition) is 1. The van der Waals surface area contributed by atoms with Gasteiger partial charge >= 0.3 is 0 Å². The number of benzene rings is 1. The second kappa shape index (κ2) is 7.02. The molecule has 0 radical (unpaired) electrons. The Labute approximate surface area is 144 Å². The average Bonchev–Trinajstić information content (AvgIpc) is 3.16. The molecule has 1 aliphatic heterocycles. The average molecular weight is 344 g/mol. The van der Waals surface area contributed by atoms with E-state index in [9.17, 15) is 4.79 Å². The predicted octanol–water partition coefficient (Wildman–Crippen LogP) is 3.47. The quantitative estimate of drug-likeness (QED) is 0.666. The highest BCUT2D eigenvalue weighted by molar-refractivity contribution is 8.26. The van der Waals surface area contributed by atoms with Crippen molar-refractivity contribution < 1.29 is 9.53 Å². The van der Waals surface area contributed by atoms with Crippen LogP contribution in [0.15, 0.2) is 47.5 Å². The number of aromatic nitrogens is 1. The van der Waals surface area contributed by atoms with E-state index in [1.807, 2.05) is 48.7 Å². The van der Waals surface area contributed by atoms with E-state index in [1.165, 1.54) is 11.8 Å². The molecule has 0 unspecified atom stereocenters. The van der Waals surface area contributed by atoms with Crippen molar-refractivity contribution in [3.63, 3.8) is 0 Å². The largest absolute Gasteiger partial charge is 0.497 e. The molecule has 1 aromatic heterocycles. The second-order valence-electron chi connectivity index (χ2n) is 5.06. The van der Waals surface area contributed by atoms with Crippen molar-refractivity contribution >= 4 is 40.3 Å². The Morgan fingerprint density at radius 1 is 1.30 bits per heavy atom. The van der Waals surface area contributed by atoms with Crippen LogP contribution in [0, 0.1) is 0 Å². The van der Waals surface area contributed by atoms with Crippen LogP contribution in [0.1, 0.15) is 11.3 Å². The van der Waals surface area contributed by atoms with Gasteiger partial charge in [0.1, 0.15) is 10.1 Å². The van der Waals surface area contributed by atoms with Crippen LogP contribution in [0.5, 0.6) is 5.75 Å². The third-order valence-corrected chi connectivity index (χ3v) is 4.94. The molecule has 1 aliphatic rings. The highest BCUT2D eigenvalue weighted by atomic mass is 32.2. The van der Waals surface area contributed by atoms with E-state index in [0.29, 0.717) is 15.8 Å². The number of thioether (sulfide) groups is 1. The van der Waals surface area contributed by atoms with Crippen LogP contribution in [-0.4, -0.2) is 33.8 Å². The van der Waals surface area contributed by atoms with Crippen LogP contribution >= 0.6 is 24.0 Å². The van der Waals surface area contributed by atoms with Crippen molar-refractivity contribution in [2.75, 3.05) is 13.7 Å². The summed E-state index contributed by atoms with van der Waals surface area (Å²) in [5.41, 5.74) is 2.05. The van der Waals surface area contributed by atoms with Crippen molar-refractivity contribution in [2.24, 2.45) is 0 Å². The maximum Gasteiger partial charge on any atom is 0.266 e. The van der Waals surface area contributed by atoms with Gasteiger partial charge in [-0.2, -0.15) is 0 Å². The summed E-state index contributed by atoms with van der Waals surface area (Å²) < 4.78 is 5.76. The first-order valence-electron chi connectivity index (χ1n) is 7.19. The van der Waals surface area contributed by atoms with E-state index in [-0.39, 0.29) is 5.91 Å². The summed E-state index contributed by atoms with van der Waals surface area (Å²) in [5.74, 6) is 0.802. The first kappa shape index (κ1) is 15.8. The lowest BCUT2D eigenvalue weighted by Crippen LogP contribution is -2.30. The smallest absolute Gasteiger partial charge is 0.266 e. The van der Waals surface area contributed by atoms with E-state index in [1.54, 1.807) is 12.0 Å². The molecule has 2 heterocycles. The van der Waals surface area contributed by atoms with Crippen molar-refractivity contribution in [3.05, 3.63) is 58.8 Å². The molecule has 2 aromatic rings. The van der Waals surface area contributed by atoms with Crippen LogP contribution < -0.4 is 4.74 Å². The zero-order valence-corrected chi connectivity index (χ0v) is 14.2. The third kappa shape index (κ3) is 3.65. The minimum atomic E-state index is -0.0249. The minimum absolute atomic E-state index is 0.0249. The SMILES string of the molecule is COc1ccc(CCN2C(=O)/C(=C\c3ccc[nH]3)SC2=S)cc1. The zero-order valence-electron chi connectivity index (χ0n) is 12.6. The number of ether oxygens (including phenoxy) is 1. The van der Waals surface area contributed by atoms with Gasteiger partial charge in [-0.3, -0.25) is 9.69 Å². The highest BCUT2D eigenvalue weighted by Gasteiger charge is 2.31. The number of methoxy groups -OCH3 is 1. The maximum absolute atomic E-state index is 12.5. The molecular formula is C17H16N2O2S2. The number of rotatable bonds is 5. The van der Waals surface area contributed by atoms with Gasteiger partial charge in [-0.25, -0.2) is 0 Å². The molecule has 4 nitrogen and oxygen atoms in total. The summed E-state index contributed by atoms with van der Waals surface area (Å²) in [6.45, 7) is 0.582. The fourth-order valence-electron chi connectivity index (χ4n) is 2.30. The summed E-state index contributed by atoms with van der Waals surface area (Å²) in [7, 11) is 1.64. The zero-order chi connectivity index (χ0) is 16.2. The lowest BCUT2D eigenvalue weighted by Gasteiger charge is -2.14. The van der Waals surface area contributed by atoms with Crippen LogP contribution in [0.25, 0.3) is 6.08 Å². The molecule has 1 saturated heterocycles. The number of nitrogens with zero attached hydrogens (tertiary/aromatic N) is 1. The normalized spacial score (nSPS) is 16.4. The van der Waals surface area contributed by atoms with Gasteiger partial charge in [0.2, 0.25) is 0 Å². The predicted molar refractivity (Wildman–Crippen MR) is 97.4 cm³/mol. The number of aromatic amines is 1. The molecule has 0 aliphatic carbocycles. The molecular weight excluding hydrogens is 328 g/mol. The van der Waals surface area contributed by atoms with Crippen molar-refractivity contribution in [3.8, 4) is 5.75 Å². The number of H-pyrrole nitrogens is 1. The topological polar surface area (TPSA) is 45.3 Å². The molecule has 3 rings (SSSR count). The Kier molecular flexibility index (Phi) is 4.83. The van der Waals surface area contributed by atoms with Crippen LogP contribution in [0.4, 0.5) is 0 Å². The number of carbonyl (C=O) groups excluding carboxylic acids is 1. The summed E-state index contributed by atoms with van der Waals surface area (Å²) in [5, 5.41) is 0. The van der Waals surface area contributed by atoms with Crippen molar-refractivity contribution in [2.45, 2.75) is 6.42 Å². The van der Waals surface area contributed by atoms with Gasteiger partial charge in [0.05, 0.1) is 12.0 Å². The molecule has 0 spiro atoms. The van der Waals surface area contributed by atoms with Crippen LogP contribution in [0.3, 0.4) is 0 Å². The van der Waals surface area contributed by atoms with E-state index >= 15 is 0 Å². The van der Waals surface area contributed by atoms with Gasteiger partial charge in [0.25, 0.3) is 5.91 Å². The van der Waals surface area contributed by atoms with Gasteiger partial charge in [-0.1, -0.05) is 36.1 Å². The maximum atomic E-state index is 12.5. The Morgan fingerprint density at radius 3 is 2.74 bits per heavy atom. The fraction of sp³-hybridized carbons (Fsp3) is 0.176. The molecule has 0 bridgehead atoms. The lowest BCUT2D eigenvalue weighted by molar-refractivity contribution is -0.122. The Hall–Kier alpha value is -2.05. The van der Waals surface area contributed by atoms with E-state index in [4.69, 9.17) is 17.0 Å². The summed E-state index contributed by atoms with van der Waals surface area (Å²) >= 11 is 6.69. The molecule has 6 heteroatoms. The molecule has 118 valence electrons. The first-order valence-corrected chi connectivity index (χ1v) is 8.41. The molecule has 0 atom stereocenters. The van der Waals surface area contributed by atoms with Crippen LogP contribution in [0.2, 0.25) is 0 Å². The number of thiocarbonyl (C=S) groups is 1. The van der Waals surface area contributed by atoms with E-state index in [2.05, 4.69) is 4.98 Å². The van der Waals surface area contributed by atoms with E-state index in [0.717, 1.165) is 23.4 Å². The summed E-state index contributed by atoms with van der Waals surface area (Å²) in [6, 6.07) is 11.7. The standard InChI is InChI=1S/C17H16N2O2S2/c1-21-14-6-4-12(5-7-14)8-10-19-16(20)15(23-17(19)22)11-13-3-2-9-18-13/h2-7,9,11,18H,8,10H2,1H3/b15-11+. The summed E-state index contributed by atoms with van der Waals surface area (Å²) in [4.78, 5) is 17.9. The monoisotopic (exact) mass is 344 g/mol. The molecule has 1 N–H and O–H groups in total. The third-order valence-electron chi connectivity index (χ3n) is 3.57. The number of carbonyl (C=O) groups is 1. The number of amides is 1. The van der Waals surface area contributed by atoms with Crippen molar-refractivity contribution in [1.29, 1.82) is 0 Å². The van der Waals surface area contributed by atoms with Gasteiger partial charge in [0.15, 0.2) is 0 Å². The van der Waals surface area contributed by atoms with Gasteiger partial charge in [-0.15, -0.1) is 0 Å². The minimum Gasteiger partial charge on any atom is -0.497 e. The molecule has 1 amide bonds. The Balaban J connectivity index is 1.66. The van der Waals surface area contributed by atoms with Crippen LogP contribution in [-0.2, 0) is 11.2 Å². The number of nitrogens with one attached hydrogen (secondary N) is 1. The van der Waals surface area contributed by atoms with Gasteiger partial charge in [-0.05, 0) is 42.3 Å².